The van der Waals surface area contributed by atoms with Crippen molar-refractivity contribution in [2.45, 2.75) is 12.1 Å². The van der Waals surface area contributed by atoms with Crippen molar-refractivity contribution in [3.8, 4) is 11.3 Å². The summed E-state index contributed by atoms with van der Waals surface area (Å²) < 4.78 is 6.30. The van der Waals surface area contributed by atoms with Crippen LogP contribution in [0.4, 0.5) is 0 Å². The maximum Gasteiger partial charge on any atom is 0.170 e. The summed E-state index contributed by atoms with van der Waals surface area (Å²) in [5, 5.41) is 4.87. The molecule has 0 saturated carbocycles. The molecule has 1 saturated heterocycles. The molecule has 5 nitrogen and oxygen atoms in total. The van der Waals surface area contributed by atoms with Gasteiger partial charge in [-0.25, -0.2) is 0 Å². The molecule has 1 aliphatic heterocycles. The van der Waals surface area contributed by atoms with E-state index in [0.29, 0.717) is 5.02 Å². The molecule has 1 fully saturated rings. The standard InChI is InChI=1S/C22H23ClN4OS/c1-26(2)13-14-27-21(20(25-22(27)29)17-5-3-4-12-24-17)19-11-10-18(28-19)15-6-8-16(23)9-7-15/h3-12,20-21H,13-14H2,1-2H3,(H,25,29)/t20-,21+/m0/s1. The van der Waals surface area contributed by atoms with Crippen LogP contribution in [0.25, 0.3) is 11.3 Å². The van der Waals surface area contributed by atoms with Gasteiger partial charge in [-0.15, -0.1) is 0 Å². The van der Waals surface area contributed by atoms with Crippen LogP contribution in [-0.4, -0.2) is 47.1 Å². The molecule has 3 heterocycles. The van der Waals surface area contributed by atoms with Crippen molar-refractivity contribution in [1.82, 2.24) is 20.1 Å². The number of nitrogens with zero attached hydrogens (tertiary/aromatic N) is 3. The van der Waals surface area contributed by atoms with Crippen LogP contribution in [0.5, 0.6) is 0 Å². The maximum absolute atomic E-state index is 6.30. The summed E-state index contributed by atoms with van der Waals surface area (Å²) in [5.74, 6) is 1.67. The average molecular weight is 427 g/mol. The minimum Gasteiger partial charge on any atom is -0.459 e. The highest BCUT2D eigenvalue weighted by molar-refractivity contribution is 7.80. The topological polar surface area (TPSA) is 44.5 Å². The molecule has 1 aromatic carbocycles. The molecule has 0 spiro atoms. The van der Waals surface area contributed by atoms with E-state index in [1.165, 1.54) is 0 Å². The summed E-state index contributed by atoms with van der Waals surface area (Å²) in [7, 11) is 4.12. The van der Waals surface area contributed by atoms with Gasteiger partial charge in [-0.1, -0.05) is 17.7 Å². The molecule has 150 valence electrons. The van der Waals surface area contributed by atoms with Crippen LogP contribution in [0.1, 0.15) is 23.5 Å². The molecule has 0 aliphatic carbocycles. The largest absolute Gasteiger partial charge is 0.459 e. The fourth-order valence-corrected chi connectivity index (χ4v) is 4.00. The third kappa shape index (κ3) is 4.29. The Hall–Kier alpha value is -2.41. The van der Waals surface area contributed by atoms with Gasteiger partial charge >= 0.3 is 0 Å². The van der Waals surface area contributed by atoms with E-state index in [-0.39, 0.29) is 12.1 Å². The highest BCUT2D eigenvalue weighted by atomic mass is 35.5. The molecule has 7 heteroatoms. The van der Waals surface area contributed by atoms with E-state index in [9.17, 15) is 0 Å². The van der Waals surface area contributed by atoms with Crippen molar-refractivity contribution in [2.24, 2.45) is 0 Å². The van der Waals surface area contributed by atoms with Crippen LogP contribution in [0.2, 0.25) is 5.02 Å². The zero-order valence-electron chi connectivity index (χ0n) is 16.4. The summed E-state index contributed by atoms with van der Waals surface area (Å²) in [6.07, 6.45) is 1.81. The number of likely N-dealkylation sites (N-methyl/N-ethyl adjacent to an activating group) is 1. The second-order valence-corrected chi connectivity index (χ2v) is 8.16. The third-order valence-electron chi connectivity index (χ3n) is 5.03. The number of halogens is 1. The van der Waals surface area contributed by atoms with Crippen molar-refractivity contribution < 1.29 is 4.42 Å². The monoisotopic (exact) mass is 426 g/mol. The Morgan fingerprint density at radius 2 is 1.93 bits per heavy atom. The first kappa shape index (κ1) is 19.9. The zero-order chi connectivity index (χ0) is 20.4. The highest BCUT2D eigenvalue weighted by Gasteiger charge is 2.41. The SMILES string of the molecule is CN(C)CCN1C(=S)N[C@@H](c2ccccn2)[C@H]1c1ccc(-c2ccc(Cl)cc2)o1. The highest BCUT2D eigenvalue weighted by Crippen LogP contribution is 2.40. The van der Waals surface area contributed by atoms with Crippen molar-refractivity contribution in [3.05, 3.63) is 77.3 Å². The Bertz CT molecular complexity index is 974. The van der Waals surface area contributed by atoms with Gasteiger partial charge in [-0.2, -0.15) is 0 Å². The molecule has 1 aliphatic rings. The van der Waals surface area contributed by atoms with E-state index in [1.54, 1.807) is 6.20 Å². The van der Waals surface area contributed by atoms with Crippen LogP contribution >= 0.6 is 23.8 Å². The fourth-order valence-electron chi connectivity index (χ4n) is 3.54. The molecule has 2 atom stereocenters. The molecule has 0 unspecified atom stereocenters. The Labute approximate surface area is 181 Å². The average Bonchev–Trinajstić information content (AvgIpc) is 3.32. The first-order valence-electron chi connectivity index (χ1n) is 9.51. The van der Waals surface area contributed by atoms with Gasteiger partial charge in [0, 0.05) is 29.9 Å². The Morgan fingerprint density at radius 3 is 2.62 bits per heavy atom. The van der Waals surface area contributed by atoms with Crippen LogP contribution in [0.15, 0.2) is 65.2 Å². The number of rotatable bonds is 6. The summed E-state index contributed by atoms with van der Waals surface area (Å²) in [6, 6.07) is 17.5. The lowest BCUT2D eigenvalue weighted by Gasteiger charge is -2.27. The molecular weight excluding hydrogens is 404 g/mol. The number of thiocarbonyl (C=S) groups is 1. The predicted molar refractivity (Wildman–Crippen MR) is 120 cm³/mol. The third-order valence-corrected chi connectivity index (χ3v) is 5.64. The predicted octanol–water partition coefficient (Wildman–Crippen LogP) is 4.53. The fraction of sp³-hybridized carbons (Fsp3) is 0.273. The van der Waals surface area contributed by atoms with Crippen LogP contribution in [-0.2, 0) is 0 Å². The van der Waals surface area contributed by atoms with E-state index in [0.717, 1.165) is 41.0 Å². The summed E-state index contributed by atoms with van der Waals surface area (Å²) in [4.78, 5) is 8.90. The van der Waals surface area contributed by atoms with Gasteiger partial charge in [0.25, 0.3) is 0 Å². The van der Waals surface area contributed by atoms with E-state index >= 15 is 0 Å². The molecule has 4 rings (SSSR count). The Kier molecular flexibility index (Phi) is 5.85. The maximum atomic E-state index is 6.30. The van der Waals surface area contributed by atoms with E-state index in [2.05, 4.69) is 34.2 Å². The zero-order valence-corrected chi connectivity index (χ0v) is 18.0. The Balaban J connectivity index is 1.69. The van der Waals surface area contributed by atoms with Crippen molar-refractivity contribution >= 4 is 28.9 Å². The second kappa shape index (κ2) is 8.53. The lowest BCUT2D eigenvalue weighted by molar-refractivity contribution is 0.250. The number of benzene rings is 1. The smallest absolute Gasteiger partial charge is 0.170 e. The normalized spacial score (nSPS) is 19.0. The lowest BCUT2D eigenvalue weighted by atomic mass is 10.0. The molecule has 2 aromatic heterocycles. The summed E-state index contributed by atoms with van der Waals surface area (Å²) in [5.41, 5.74) is 1.93. The quantitative estimate of drug-likeness (QED) is 0.584. The molecule has 3 aromatic rings. The van der Waals surface area contributed by atoms with Gasteiger partial charge in [0.05, 0.1) is 11.7 Å². The second-order valence-electron chi connectivity index (χ2n) is 7.33. The van der Waals surface area contributed by atoms with Crippen LogP contribution < -0.4 is 5.32 Å². The van der Waals surface area contributed by atoms with Gasteiger partial charge in [0.2, 0.25) is 0 Å². The molecular formula is C22H23ClN4OS. The van der Waals surface area contributed by atoms with Crippen molar-refractivity contribution in [3.63, 3.8) is 0 Å². The van der Waals surface area contributed by atoms with Gasteiger partial charge in [-0.3, -0.25) is 4.98 Å². The molecule has 0 bridgehead atoms. The molecule has 1 N–H and O–H groups in total. The number of hydrogen-bond acceptors (Lipinski definition) is 4. The first-order chi connectivity index (χ1) is 14.0. The summed E-state index contributed by atoms with van der Waals surface area (Å²) >= 11 is 11.7. The van der Waals surface area contributed by atoms with Gasteiger partial charge in [-0.05, 0) is 74.8 Å². The number of pyridine rings is 1. The van der Waals surface area contributed by atoms with E-state index in [1.807, 2.05) is 54.6 Å². The minimum atomic E-state index is -0.0740. The van der Waals surface area contributed by atoms with Crippen LogP contribution in [0, 0.1) is 0 Å². The van der Waals surface area contributed by atoms with Crippen molar-refractivity contribution in [1.29, 1.82) is 0 Å². The summed E-state index contributed by atoms with van der Waals surface area (Å²) in [6.45, 7) is 1.68. The van der Waals surface area contributed by atoms with E-state index in [4.69, 9.17) is 28.2 Å². The van der Waals surface area contributed by atoms with Crippen molar-refractivity contribution in [2.75, 3.05) is 27.2 Å². The van der Waals surface area contributed by atoms with E-state index < -0.39 is 0 Å². The number of furan rings is 1. The van der Waals surface area contributed by atoms with Gasteiger partial charge < -0.3 is 19.5 Å². The molecule has 29 heavy (non-hydrogen) atoms. The lowest BCUT2D eigenvalue weighted by Crippen LogP contribution is -2.35. The number of hydrogen-bond donors (Lipinski definition) is 1. The molecule has 0 radical (unpaired) electrons. The van der Waals surface area contributed by atoms with Gasteiger partial charge in [0.1, 0.15) is 17.6 Å². The molecule has 0 amide bonds. The van der Waals surface area contributed by atoms with Crippen LogP contribution in [0.3, 0.4) is 0 Å². The number of nitrogens with one attached hydrogen (secondary N) is 1. The minimum absolute atomic E-state index is 0.0709. The Morgan fingerprint density at radius 1 is 1.14 bits per heavy atom. The number of aromatic nitrogens is 1. The van der Waals surface area contributed by atoms with Gasteiger partial charge in [0.15, 0.2) is 5.11 Å². The first-order valence-corrected chi connectivity index (χ1v) is 10.3.